The summed E-state index contributed by atoms with van der Waals surface area (Å²) in [6.45, 7) is 5.81. The molecule has 0 spiro atoms. The molecule has 1 aliphatic rings. The predicted molar refractivity (Wildman–Crippen MR) is 53.7 cm³/mol. The largest absolute Gasteiger partial charge is 0.355 e. The van der Waals surface area contributed by atoms with E-state index in [1.54, 1.807) is 0 Å². The van der Waals surface area contributed by atoms with Crippen molar-refractivity contribution in [2.75, 3.05) is 13.4 Å². The van der Waals surface area contributed by atoms with Gasteiger partial charge in [-0.05, 0) is 19.8 Å². The number of rotatable bonds is 5. The number of hydrogen-bond acceptors (Lipinski definition) is 2. The summed E-state index contributed by atoms with van der Waals surface area (Å²) in [4.78, 5) is 0. The summed E-state index contributed by atoms with van der Waals surface area (Å²) >= 11 is 0. The van der Waals surface area contributed by atoms with E-state index in [-0.39, 0.29) is 5.60 Å². The van der Waals surface area contributed by atoms with Gasteiger partial charge in [-0.15, -0.1) is 0 Å². The summed E-state index contributed by atoms with van der Waals surface area (Å²) in [7, 11) is 0. The molecule has 0 aromatic heterocycles. The van der Waals surface area contributed by atoms with Crippen molar-refractivity contribution in [3.05, 3.63) is 0 Å². The van der Waals surface area contributed by atoms with Crippen LogP contribution in [0, 0.1) is 0 Å². The van der Waals surface area contributed by atoms with Crippen molar-refractivity contribution in [1.29, 1.82) is 0 Å². The van der Waals surface area contributed by atoms with Crippen LogP contribution >= 0.6 is 0 Å². The van der Waals surface area contributed by atoms with Gasteiger partial charge >= 0.3 is 0 Å². The normalized spacial score (nSPS) is 29.1. The first kappa shape index (κ1) is 11.0. The van der Waals surface area contributed by atoms with Crippen molar-refractivity contribution < 1.29 is 9.47 Å². The Hall–Kier alpha value is -0.0800. The molecule has 78 valence electrons. The standard InChI is InChI=1S/C11H22O2/c1-3-4-5-6-7-11(2)8-9-12-10-13-11/h3-10H2,1-2H3. The molecule has 0 radical (unpaired) electrons. The van der Waals surface area contributed by atoms with Crippen molar-refractivity contribution in [3.63, 3.8) is 0 Å². The lowest BCUT2D eigenvalue weighted by Crippen LogP contribution is -2.35. The van der Waals surface area contributed by atoms with Gasteiger partial charge < -0.3 is 9.47 Å². The average molecular weight is 186 g/mol. The summed E-state index contributed by atoms with van der Waals surface area (Å²) in [6, 6.07) is 0. The van der Waals surface area contributed by atoms with Crippen molar-refractivity contribution in [1.82, 2.24) is 0 Å². The van der Waals surface area contributed by atoms with Crippen LogP contribution in [-0.2, 0) is 9.47 Å². The molecule has 2 heteroatoms. The Bertz CT molecular complexity index is 128. The maximum absolute atomic E-state index is 5.62. The third-order valence-electron chi connectivity index (χ3n) is 2.83. The van der Waals surface area contributed by atoms with Gasteiger partial charge in [-0.1, -0.05) is 32.6 Å². The molecule has 0 aliphatic carbocycles. The van der Waals surface area contributed by atoms with E-state index >= 15 is 0 Å². The van der Waals surface area contributed by atoms with Gasteiger partial charge in [-0.3, -0.25) is 0 Å². The minimum absolute atomic E-state index is 0.103. The quantitative estimate of drug-likeness (QED) is 0.614. The molecule has 1 rings (SSSR count). The number of unbranched alkanes of at least 4 members (excludes halogenated alkanes) is 3. The highest BCUT2D eigenvalue weighted by atomic mass is 16.7. The Morgan fingerprint density at radius 2 is 2.08 bits per heavy atom. The Labute approximate surface area is 81.6 Å². The van der Waals surface area contributed by atoms with Crippen LogP contribution in [-0.4, -0.2) is 19.0 Å². The molecule has 0 aromatic rings. The van der Waals surface area contributed by atoms with Gasteiger partial charge in [0.25, 0.3) is 0 Å². The molecule has 0 saturated carbocycles. The molecular weight excluding hydrogens is 164 g/mol. The van der Waals surface area contributed by atoms with E-state index in [1.165, 1.54) is 32.1 Å². The fraction of sp³-hybridized carbons (Fsp3) is 1.00. The van der Waals surface area contributed by atoms with E-state index in [2.05, 4.69) is 13.8 Å². The highest BCUT2D eigenvalue weighted by Gasteiger charge is 2.27. The Balaban J connectivity index is 2.10. The lowest BCUT2D eigenvalue weighted by atomic mass is 9.94. The molecule has 1 aliphatic heterocycles. The second-order valence-corrected chi connectivity index (χ2v) is 4.18. The van der Waals surface area contributed by atoms with Crippen LogP contribution in [0.2, 0.25) is 0 Å². The lowest BCUT2D eigenvalue weighted by Gasteiger charge is -2.33. The van der Waals surface area contributed by atoms with E-state index in [9.17, 15) is 0 Å². The van der Waals surface area contributed by atoms with Gasteiger partial charge in [0.2, 0.25) is 0 Å². The van der Waals surface area contributed by atoms with Crippen LogP contribution in [0.15, 0.2) is 0 Å². The van der Waals surface area contributed by atoms with Gasteiger partial charge in [0.15, 0.2) is 0 Å². The van der Waals surface area contributed by atoms with Crippen LogP contribution in [0.4, 0.5) is 0 Å². The molecule has 1 atom stereocenters. The molecule has 1 unspecified atom stereocenters. The third kappa shape index (κ3) is 4.10. The summed E-state index contributed by atoms with van der Waals surface area (Å²) in [6.07, 6.45) is 7.55. The zero-order chi connectivity index (χ0) is 9.57. The monoisotopic (exact) mass is 186 g/mol. The smallest absolute Gasteiger partial charge is 0.147 e. The zero-order valence-electron chi connectivity index (χ0n) is 8.97. The van der Waals surface area contributed by atoms with Gasteiger partial charge in [-0.2, -0.15) is 0 Å². The predicted octanol–water partition coefficient (Wildman–Crippen LogP) is 3.11. The topological polar surface area (TPSA) is 18.5 Å². The van der Waals surface area contributed by atoms with Gasteiger partial charge in [-0.25, -0.2) is 0 Å². The maximum Gasteiger partial charge on any atom is 0.147 e. The molecular formula is C11H22O2. The molecule has 0 N–H and O–H groups in total. The fourth-order valence-electron chi connectivity index (χ4n) is 1.73. The highest BCUT2D eigenvalue weighted by molar-refractivity contribution is 4.76. The van der Waals surface area contributed by atoms with Crippen molar-refractivity contribution in [2.45, 2.75) is 58.0 Å². The second-order valence-electron chi connectivity index (χ2n) is 4.18. The molecule has 1 saturated heterocycles. The van der Waals surface area contributed by atoms with Gasteiger partial charge in [0.05, 0.1) is 12.2 Å². The molecule has 1 fully saturated rings. The first-order valence-electron chi connectivity index (χ1n) is 5.48. The average Bonchev–Trinajstić information content (AvgIpc) is 2.14. The molecule has 13 heavy (non-hydrogen) atoms. The minimum Gasteiger partial charge on any atom is -0.355 e. The van der Waals surface area contributed by atoms with Gasteiger partial charge in [0.1, 0.15) is 6.79 Å². The molecule has 0 amide bonds. The molecule has 1 heterocycles. The Morgan fingerprint density at radius 1 is 1.23 bits per heavy atom. The van der Waals surface area contributed by atoms with Crippen molar-refractivity contribution >= 4 is 0 Å². The van der Waals surface area contributed by atoms with E-state index < -0.39 is 0 Å². The maximum atomic E-state index is 5.62. The van der Waals surface area contributed by atoms with E-state index in [4.69, 9.17) is 9.47 Å². The van der Waals surface area contributed by atoms with E-state index in [0.29, 0.717) is 6.79 Å². The van der Waals surface area contributed by atoms with E-state index in [1.807, 2.05) is 0 Å². The van der Waals surface area contributed by atoms with Crippen LogP contribution in [0.25, 0.3) is 0 Å². The minimum atomic E-state index is 0.103. The summed E-state index contributed by atoms with van der Waals surface area (Å²) in [5, 5.41) is 0. The van der Waals surface area contributed by atoms with Crippen LogP contribution in [0.3, 0.4) is 0 Å². The summed E-state index contributed by atoms with van der Waals surface area (Å²) in [5.41, 5.74) is 0.103. The Morgan fingerprint density at radius 3 is 2.69 bits per heavy atom. The first-order chi connectivity index (χ1) is 6.27. The number of ether oxygens (including phenoxy) is 2. The fourth-order valence-corrected chi connectivity index (χ4v) is 1.73. The summed E-state index contributed by atoms with van der Waals surface area (Å²) in [5.74, 6) is 0. The third-order valence-corrected chi connectivity index (χ3v) is 2.83. The van der Waals surface area contributed by atoms with E-state index in [0.717, 1.165) is 13.0 Å². The van der Waals surface area contributed by atoms with Crippen molar-refractivity contribution in [3.8, 4) is 0 Å². The van der Waals surface area contributed by atoms with Crippen LogP contribution < -0.4 is 0 Å². The van der Waals surface area contributed by atoms with Crippen molar-refractivity contribution in [2.24, 2.45) is 0 Å². The first-order valence-corrected chi connectivity index (χ1v) is 5.48. The molecule has 2 nitrogen and oxygen atoms in total. The second kappa shape index (κ2) is 5.61. The Kier molecular flexibility index (Phi) is 4.74. The molecule has 0 aromatic carbocycles. The molecule has 0 bridgehead atoms. The lowest BCUT2D eigenvalue weighted by molar-refractivity contribution is -0.189. The van der Waals surface area contributed by atoms with Crippen LogP contribution in [0.1, 0.15) is 52.4 Å². The zero-order valence-corrected chi connectivity index (χ0v) is 8.97. The summed E-state index contributed by atoms with van der Waals surface area (Å²) < 4.78 is 10.8. The van der Waals surface area contributed by atoms with Gasteiger partial charge in [0, 0.05) is 0 Å². The number of hydrogen-bond donors (Lipinski definition) is 0. The SMILES string of the molecule is CCCCCCC1(C)CCOCO1. The van der Waals surface area contributed by atoms with Crippen LogP contribution in [0.5, 0.6) is 0 Å². The highest BCUT2D eigenvalue weighted by Crippen LogP contribution is 2.26.